The summed E-state index contributed by atoms with van der Waals surface area (Å²) in [6.45, 7) is 0. The number of thiazole rings is 1. The van der Waals surface area contributed by atoms with Crippen LogP contribution in [0.2, 0.25) is 0 Å². The van der Waals surface area contributed by atoms with E-state index in [0.717, 1.165) is 0 Å². The molecule has 4 heteroatoms. The van der Waals surface area contributed by atoms with Gasteiger partial charge in [-0.05, 0) is 0 Å². The molecule has 0 aliphatic heterocycles. The molecular weight excluding hydrogens is 150 g/mol. The first kappa shape index (κ1) is 5.73. The number of carbonyl (C=O) groups excluding carboxylic acids is 2. The molecule has 50 valence electrons. The number of carbonyl (C=O) groups is 2. The minimum Gasteiger partial charge on any atom is -0.293 e. The van der Waals surface area contributed by atoms with E-state index in [2.05, 4.69) is 4.98 Å². The van der Waals surface area contributed by atoms with Gasteiger partial charge in [0.2, 0.25) is 0 Å². The summed E-state index contributed by atoms with van der Waals surface area (Å²) in [7, 11) is 0. The van der Waals surface area contributed by atoms with Gasteiger partial charge >= 0.3 is 0 Å². The Morgan fingerprint density at radius 2 is 2.20 bits per heavy atom. The van der Waals surface area contributed by atoms with E-state index in [-0.39, 0.29) is 18.0 Å². The van der Waals surface area contributed by atoms with Crippen molar-refractivity contribution in [3.63, 3.8) is 0 Å². The van der Waals surface area contributed by atoms with Crippen LogP contribution in [0.3, 0.4) is 0 Å². The maximum atomic E-state index is 10.9. The van der Waals surface area contributed by atoms with E-state index in [1.54, 1.807) is 0 Å². The van der Waals surface area contributed by atoms with Crippen molar-refractivity contribution < 1.29 is 9.59 Å². The van der Waals surface area contributed by atoms with Crippen LogP contribution in [0.15, 0.2) is 5.51 Å². The Balaban J connectivity index is 2.69. The lowest BCUT2D eigenvalue weighted by Crippen LogP contribution is -1.92. The Bertz CT molecular complexity index is 287. The average Bonchev–Trinajstić information content (AvgIpc) is 2.39. The Hall–Kier alpha value is -1.03. The Kier molecular flexibility index (Phi) is 0.990. The molecule has 0 spiro atoms. The van der Waals surface area contributed by atoms with E-state index in [9.17, 15) is 9.59 Å². The van der Waals surface area contributed by atoms with Crippen LogP contribution in [0, 0.1) is 0 Å². The molecule has 0 radical (unpaired) electrons. The standard InChI is InChI=1S/C6H3NO2S/c8-3-1-4(9)6-5(3)7-2-10-6/h2H,1H2. The second kappa shape index (κ2) is 1.73. The van der Waals surface area contributed by atoms with Gasteiger partial charge in [-0.15, -0.1) is 11.3 Å². The highest BCUT2D eigenvalue weighted by molar-refractivity contribution is 7.12. The summed E-state index contributed by atoms with van der Waals surface area (Å²) in [5, 5.41) is 0. The summed E-state index contributed by atoms with van der Waals surface area (Å²) >= 11 is 1.24. The first-order chi connectivity index (χ1) is 4.79. The second-order valence-electron chi connectivity index (χ2n) is 2.05. The third kappa shape index (κ3) is 0.565. The van der Waals surface area contributed by atoms with Crippen LogP contribution < -0.4 is 0 Å². The number of Topliss-reactive ketones (excluding diaryl/α,β-unsaturated/α-hetero) is 2. The minimum absolute atomic E-state index is 0.0228. The molecule has 0 N–H and O–H groups in total. The quantitative estimate of drug-likeness (QED) is 0.520. The van der Waals surface area contributed by atoms with E-state index < -0.39 is 0 Å². The summed E-state index contributed by atoms with van der Waals surface area (Å²) in [5.41, 5.74) is 1.90. The molecule has 0 unspecified atom stereocenters. The fourth-order valence-electron chi connectivity index (χ4n) is 0.952. The van der Waals surface area contributed by atoms with Gasteiger partial charge in [0.1, 0.15) is 10.6 Å². The van der Waals surface area contributed by atoms with Gasteiger partial charge < -0.3 is 0 Å². The normalized spacial score (nSPS) is 16.0. The number of fused-ring (bicyclic) bond motifs is 1. The van der Waals surface area contributed by atoms with Crippen LogP contribution in [-0.2, 0) is 0 Å². The molecule has 0 amide bonds. The van der Waals surface area contributed by atoms with Crippen molar-refractivity contribution in [3.8, 4) is 0 Å². The highest BCUT2D eigenvalue weighted by atomic mass is 32.1. The highest BCUT2D eigenvalue weighted by Gasteiger charge is 2.29. The Morgan fingerprint density at radius 1 is 1.40 bits per heavy atom. The molecule has 1 aliphatic rings. The molecule has 0 fully saturated rings. The monoisotopic (exact) mass is 153 g/mol. The molecule has 0 saturated carbocycles. The molecule has 1 heterocycles. The lowest BCUT2D eigenvalue weighted by atomic mass is 10.3. The Labute approximate surface area is 60.7 Å². The molecule has 0 bridgehead atoms. The molecule has 1 aliphatic carbocycles. The minimum atomic E-state index is -0.138. The van der Waals surface area contributed by atoms with Gasteiger partial charge in [0, 0.05) is 0 Å². The number of hydrogen-bond acceptors (Lipinski definition) is 4. The van der Waals surface area contributed by atoms with E-state index in [4.69, 9.17) is 0 Å². The molecule has 2 rings (SSSR count). The fraction of sp³-hybridized carbons (Fsp3) is 0.167. The first-order valence-corrected chi connectivity index (χ1v) is 3.67. The van der Waals surface area contributed by atoms with Crippen molar-refractivity contribution in [2.75, 3.05) is 0 Å². The molecule has 0 saturated heterocycles. The van der Waals surface area contributed by atoms with E-state index in [0.29, 0.717) is 10.6 Å². The van der Waals surface area contributed by atoms with Crippen LogP contribution in [0.5, 0.6) is 0 Å². The van der Waals surface area contributed by atoms with Gasteiger partial charge in [0.05, 0.1) is 11.9 Å². The van der Waals surface area contributed by atoms with Gasteiger partial charge in [0.15, 0.2) is 11.6 Å². The van der Waals surface area contributed by atoms with E-state index in [1.165, 1.54) is 16.8 Å². The zero-order valence-electron chi connectivity index (χ0n) is 4.96. The van der Waals surface area contributed by atoms with Crippen molar-refractivity contribution in [3.05, 3.63) is 16.1 Å². The maximum Gasteiger partial charge on any atom is 0.190 e. The molecule has 0 atom stereocenters. The predicted molar refractivity (Wildman–Crippen MR) is 35.4 cm³/mol. The van der Waals surface area contributed by atoms with Crippen molar-refractivity contribution in [1.82, 2.24) is 4.98 Å². The topological polar surface area (TPSA) is 47.0 Å². The number of rotatable bonds is 0. The predicted octanol–water partition coefficient (Wildman–Crippen LogP) is 0.912. The van der Waals surface area contributed by atoms with Crippen LogP contribution in [0.25, 0.3) is 0 Å². The first-order valence-electron chi connectivity index (χ1n) is 2.79. The molecule has 1 aromatic rings. The van der Waals surface area contributed by atoms with Crippen molar-refractivity contribution in [1.29, 1.82) is 0 Å². The van der Waals surface area contributed by atoms with E-state index in [1.807, 2.05) is 0 Å². The molecule has 10 heavy (non-hydrogen) atoms. The van der Waals surface area contributed by atoms with Crippen LogP contribution in [-0.4, -0.2) is 16.6 Å². The van der Waals surface area contributed by atoms with Gasteiger partial charge in [-0.3, -0.25) is 9.59 Å². The van der Waals surface area contributed by atoms with Crippen LogP contribution in [0.4, 0.5) is 0 Å². The lowest BCUT2D eigenvalue weighted by Gasteiger charge is -1.76. The third-order valence-corrected chi connectivity index (χ3v) is 2.27. The largest absolute Gasteiger partial charge is 0.293 e. The van der Waals surface area contributed by atoms with Crippen LogP contribution >= 0.6 is 11.3 Å². The Morgan fingerprint density at radius 3 is 2.90 bits per heavy atom. The molecule has 1 aromatic heterocycles. The fourth-order valence-corrected chi connectivity index (χ4v) is 1.70. The lowest BCUT2D eigenvalue weighted by molar-refractivity contribution is 0.0922. The van der Waals surface area contributed by atoms with Crippen molar-refractivity contribution in [2.45, 2.75) is 6.42 Å². The van der Waals surface area contributed by atoms with Crippen LogP contribution in [0.1, 0.15) is 26.6 Å². The summed E-state index contributed by atoms with van der Waals surface area (Å²) in [6.07, 6.45) is 0.0228. The van der Waals surface area contributed by atoms with E-state index >= 15 is 0 Å². The average molecular weight is 153 g/mol. The summed E-state index contributed by atoms with van der Waals surface area (Å²) in [6, 6.07) is 0. The molecule has 3 nitrogen and oxygen atoms in total. The summed E-state index contributed by atoms with van der Waals surface area (Å²) in [4.78, 5) is 26.1. The van der Waals surface area contributed by atoms with Gasteiger partial charge in [-0.2, -0.15) is 0 Å². The van der Waals surface area contributed by atoms with Gasteiger partial charge in [-0.1, -0.05) is 0 Å². The smallest absolute Gasteiger partial charge is 0.190 e. The number of aromatic nitrogens is 1. The number of nitrogens with zero attached hydrogens (tertiary/aromatic N) is 1. The number of ketones is 2. The summed E-state index contributed by atoms with van der Waals surface area (Å²) < 4.78 is 0. The zero-order valence-corrected chi connectivity index (χ0v) is 5.77. The van der Waals surface area contributed by atoms with Gasteiger partial charge in [-0.25, -0.2) is 4.98 Å². The maximum absolute atomic E-state index is 10.9. The zero-order chi connectivity index (χ0) is 7.14. The summed E-state index contributed by atoms with van der Waals surface area (Å²) in [5.74, 6) is -0.219. The second-order valence-corrected chi connectivity index (χ2v) is 2.91. The third-order valence-electron chi connectivity index (χ3n) is 1.41. The highest BCUT2D eigenvalue weighted by Crippen LogP contribution is 2.23. The van der Waals surface area contributed by atoms with Crippen molar-refractivity contribution in [2.24, 2.45) is 0 Å². The molecule has 0 aromatic carbocycles. The number of hydrogen-bond donors (Lipinski definition) is 0. The SMILES string of the molecule is O=C1CC(=O)c2scnc21. The molecular formula is C6H3NO2S. The van der Waals surface area contributed by atoms with Gasteiger partial charge in [0.25, 0.3) is 0 Å². The van der Waals surface area contributed by atoms with Crippen molar-refractivity contribution >= 4 is 22.9 Å².